The van der Waals surface area contributed by atoms with Crippen molar-refractivity contribution in [3.8, 4) is 0 Å². The molecule has 0 aliphatic rings. The van der Waals surface area contributed by atoms with Crippen molar-refractivity contribution < 1.29 is 0 Å². The highest BCUT2D eigenvalue weighted by Gasteiger charge is 1.90. The molecule has 0 amide bonds. The standard InChI is InChI=1S/C13H17N/c1-4-11(2)10-12(3)14-13-8-6-5-7-9-13/h4-10,14H,1-3H3/b11-4-,12-10+. The van der Waals surface area contributed by atoms with Crippen LogP contribution in [0.3, 0.4) is 0 Å². The summed E-state index contributed by atoms with van der Waals surface area (Å²) in [5, 5.41) is 3.33. The molecular weight excluding hydrogens is 170 g/mol. The molecule has 0 spiro atoms. The van der Waals surface area contributed by atoms with E-state index in [1.807, 2.05) is 25.1 Å². The highest BCUT2D eigenvalue weighted by molar-refractivity contribution is 5.48. The predicted molar refractivity (Wildman–Crippen MR) is 63.3 cm³/mol. The third kappa shape index (κ3) is 3.48. The van der Waals surface area contributed by atoms with E-state index in [9.17, 15) is 0 Å². The Hall–Kier alpha value is -1.50. The van der Waals surface area contributed by atoms with Crippen LogP contribution in [0, 0.1) is 0 Å². The second kappa shape index (κ2) is 5.28. The first-order chi connectivity index (χ1) is 6.72. The van der Waals surface area contributed by atoms with Gasteiger partial charge in [-0.15, -0.1) is 0 Å². The van der Waals surface area contributed by atoms with Crippen molar-refractivity contribution in [3.63, 3.8) is 0 Å². The van der Waals surface area contributed by atoms with E-state index >= 15 is 0 Å². The minimum Gasteiger partial charge on any atom is -0.359 e. The number of rotatable bonds is 3. The zero-order valence-corrected chi connectivity index (χ0v) is 9.04. The van der Waals surface area contributed by atoms with Crippen molar-refractivity contribution in [2.75, 3.05) is 5.32 Å². The van der Waals surface area contributed by atoms with Crippen LogP contribution in [-0.2, 0) is 0 Å². The Bertz CT molecular complexity index is 334. The van der Waals surface area contributed by atoms with Crippen LogP contribution in [0.15, 0.2) is 53.8 Å². The Morgan fingerprint density at radius 2 is 1.79 bits per heavy atom. The normalized spacial score (nSPS) is 12.8. The number of hydrogen-bond donors (Lipinski definition) is 1. The highest BCUT2D eigenvalue weighted by atomic mass is 14.9. The zero-order valence-electron chi connectivity index (χ0n) is 9.04. The highest BCUT2D eigenvalue weighted by Crippen LogP contribution is 2.09. The summed E-state index contributed by atoms with van der Waals surface area (Å²) in [4.78, 5) is 0. The Morgan fingerprint density at radius 3 is 2.36 bits per heavy atom. The monoisotopic (exact) mass is 187 g/mol. The third-order valence-corrected chi connectivity index (χ3v) is 2.01. The summed E-state index contributed by atoms with van der Waals surface area (Å²) in [5.41, 5.74) is 3.56. The molecule has 0 saturated heterocycles. The molecule has 0 heterocycles. The molecule has 0 saturated carbocycles. The molecule has 0 bridgehead atoms. The summed E-state index contributed by atoms with van der Waals surface area (Å²) < 4.78 is 0. The fourth-order valence-corrected chi connectivity index (χ4v) is 1.21. The number of hydrogen-bond acceptors (Lipinski definition) is 1. The fourth-order valence-electron chi connectivity index (χ4n) is 1.21. The topological polar surface area (TPSA) is 12.0 Å². The number of anilines is 1. The maximum absolute atomic E-state index is 3.33. The first kappa shape index (κ1) is 10.6. The Balaban J connectivity index is 2.66. The summed E-state index contributed by atoms with van der Waals surface area (Å²) in [7, 11) is 0. The van der Waals surface area contributed by atoms with Crippen LogP contribution in [0.5, 0.6) is 0 Å². The lowest BCUT2D eigenvalue weighted by atomic mass is 10.2. The minimum atomic E-state index is 1.13. The molecule has 1 aromatic rings. The van der Waals surface area contributed by atoms with Gasteiger partial charge in [0.05, 0.1) is 0 Å². The smallest absolute Gasteiger partial charge is 0.0381 e. The lowest BCUT2D eigenvalue weighted by Crippen LogP contribution is -1.94. The van der Waals surface area contributed by atoms with Crippen molar-refractivity contribution in [2.45, 2.75) is 20.8 Å². The maximum Gasteiger partial charge on any atom is 0.0381 e. The van der Waals surface area contributed by atoms with Gasteiger partial charge in [-0.3, -0.25) is 0 Å². The summed E-state index contributed by atoms with van der Waals surface area (Å²) in [6.07, 6.45) is 4.23. The molecule has 0 aliphatic heterocycles. The average molecular weight is 187 g/mol. The molecule has 1 N–H and O–H groups in total. The molecular formula is C13H17N. The van der Waals surface area contributed by atoms with Gasteiger partial charge < -0.3 is 5.32 Å². The van der Waals surface area contributed by atoms with Crippen molar-refractivity contribution in [1.29, 1.82) is 0 Å². The van der Waals surface area contributed by atoms with Gasteiger partial charge in [0, 0.05) is 11.4 Å². The van der Waals surface area contributed by atoms with E-state index in [0.717, 1.165) is 11.4 Å². The molecule has 1 rings (SSSR count). The fraction of sp³-hybridized carbons (Fsp3) is 0.231. The van der Waals surface area contributed by atoms with Gasteiger partial charge >= 0.3 is 0 Å². The van der Waals surface area contributed by atoms with Crippen LogP contribution in [0.1, 0.15) is 20.8 Å². The Kier molecular flexibility index (Phi) is 3.99. The number of benzene rings is 1. The van der Waals surface area contributed by atoms with Crippen molar-refractivity contribution in [1.82, 2.24) is 0 Å². The summed E-state index contributed by atoms with van der Waals surface area (Å²) in [5.74, 6) is 0. The van der Waals surface area contributed by atoms with Gasteiger partial charge in [-0.2, -0.15) is 0 Å². The largest absolute Gasteiger partial charge is 0.359 e. The third-order valence-electron chi connectivity index (χ3n) is 2.01. The Labute approximate surface area is 86.2 Å². The maximum atomic E-state index is 3.33. The SMILES string of the molecule is C/C=C(C)\C=C(/C)Nc1ccccc1. The molecule has 1 nitrogen and oxygen atoms in total. The van der Waals surface area contributed by atoms with E-state index in [4.69, 9.17) is 0 Å². The van der Waals surface area contributed by atoms with Crippen molar-refractivity contribution >= 4 is 5.69 Å². The lowest BCUT2D eigenvalue weighted by Gasteiger charge is -2.05. The van der Waals surface area contributed by atoms with Gasteiger partial charge in [0.15, 0.2) is 0 Å². The molecule has 74 valence electrons. The van der Waals surface area contributed by atoms with Gasteiger partial charge in [-0.25, -0.2) is 0 Å². The number of allylic oxidation sites excluding steroid dienone is 4. The first-order valence-corrected chi connectivity index (χ1v) is 4.85. The van der Waals surface area contributed by atoms with Crippen LogP contribution in [-0.4, -0.2) is 0 Å². The quantitative estimate of drug-likeness (QED) is 0.706. The predicted octanol–water partition coefficient (Wildman–Crippen LogP) is 3.97. The van der Waals surface area contributed by atoms with Gasteiger partial charge in [0.2, 0.25) is 0 Å². The van der Waals surface area contributed by atoms with E-state index in [0.29, 0.717) is 0 Å². The molecule has 0 unspecified atom stereocenters. The first-order valence-electron chi connectivity index (χ1n) is 4.85. The second-order valence-electron chi connectivity index (χ2n) is 3.35. The van der Waals surface area contributed by atoms with Crippen molar-refractivity contribution in [3.05, 3.63) is 53.8 Å². The van der Waals surface area contributed by atoms with Crippen LogP contribution < -0.4 is 5.32 Å². The van der Waals surface area contributed by atoms with Gasteiger partial charge in [0.25, 0.3) is 0 Å². The molecule has 0 radical (unpaired) electrons. The number of nitrogens with one attached hydrogen (secondary N) is 1. The average Bonchev–Trinajstić information content (AvgIpc) is 2.19. The van der Waals surface area contributed by atoms with Crippen LogP contribution in [0.2, 0.25) is 0 Å². The minimum absolute atomic E-state index is 1.13. The molecule has 0 aliphatic carbocycles. The number of para-hydroxylation sites is 1. The Morgan fingerprint density at radius 1 is 1.14 bits per heavy atom. The zero-order chi connectivity index (χ0) is 10.4. The van der Waals surface area contributed by atoms with Gasteiger partial charge in [-0.1, -0.05) is 29.8 Å². The molecule has 0 fully saturated rings. The van der Waals surface area contributed by atoms with Gasteiger partial charge in [0.1, 0.15) is 0 Å². The van der Waals surface area contributed by atoms with Gasteiger partial charge in [-0.05, 0) is 39.0 Å². The van der Waals surface area contributed by atoms with Crippen LogP contribution >= 0.6 is 0 Å². The van der Waals surface area contributed by atoms with Crippen LogP contribution in [0.25, 0.3) is 0 Å². The summed E-state index contributed by atoms with van der Waals surface area (Å²) >= 11 is 0. The van der Waals surface area contributed by atoms with E-state index < -0.39 is 0 Å². The lowest BCUT2D eigenvalue weighted by molar-refractivity contribution is 1.33. The summed E-state index contributed by atoms with van der Waals surface area (Å²) in [6, 6.07) is 10.2. The molecule has 14 heavy (non-hydrogen) atoms. The van der Waals surface area contributed by atoms with Crippen molar-refractivity contribution in [2.24, 2.45) is 0 Å². The second-order valence-corrected chi connectivity index (χ2v) is 3.35. The molecule has 0 aromatic heterocycles. The summed E-state index contributed by atoms with van der Waals surface area (Å²) in [6.45, 7) is 6.21. The van der Waals surface area contributed by atoms with E-state index in [-0.39, 0.29) is 0 Å². The molecule has 1 aromatic carbocycles. The van der Waals surface area contributed by atoms with E-state index in [1.54, 1.807) is 0 Å². The molecule has 0 atom stereocenters. The van der Waals surface area contributed by atoms with E-state index in [1.165, 1.54) is 5.57 Å². The molecule has 1 heteroatoms. The van der Waals surface area contributed by atoms with Crippen LogP contribution in [0.4, 0.5) is 5.69 Å². The van der Waals surface area contributed by atoms with E-state index in [2.05, 4.69) is 43.4 Å².